The number of hydrogen-bond acceptors (Lipinski definition) is 12. The van der Waals surface area contributed by atoms with Gasteiger partial charge in [-0.1, -0.05) is 159 Å². The second-order valence-electron chi connectivity index (χ2n) is 24.0. The second-order valence-corrected chi connectivity index (χ2v) is 41.0. The molecule has 1 fully saturated rings. The van der Waals surface area contributed by atoms with Crippen LogP contribution < -0.4 is 29.6 Å². The molecule has 1 saturated heterocycles. The molecule has 1 aromatic rings. The van der Waals surface area contributed by atoms with Crippen molar-refractivity contribution in [1.29, 1.82) is 0 Å². The van der Waals surface area contributed by atoms with E-state index in [2.05, 4.69) is 131 Å². The summed E-state index contributed by atoms with van der Waals surface area (Å²) in [6, 6.07) is 6.93. The van der Waals surface area contributed by atoms with Crippen LogP contribution >= 0.6 is 22.6 Å². The van der Waals surface area contributed by atoms with Crippen molar-refractivity contribution in [2.24, 2.45) is 0 Å². The summed E-state index contributed by atoms with van der Waals surface area (Å²) in [5.74, 6) is -1.92. The number of carbonyl (C=O) groups excluding carboxylic acids is 2. The minimum absolute atomic E-state index is 0. The molecule has 18 heteroatoms. The van der Waals surface area contributed by atoms with Gasteiger partial charge in [-0.15, -0.1) is 0 Å². The van der Waals surface area contributed by atoms with Crippen LogP contribution in [0, 0.1) is 3.57 Å². The molecule has 6 atom stereocenters. The van der Waals surface area contributed by atoms with E-state index >= 15 is 0 Å². The van der Waals surface area contributed by atoms with Gasteiger partial charge in [0, 0.05) is 9.99 Å². The summed E-state index contributed by atoms with van der Waals surface area (Å²) >= 11 is 2.16. The van der Waals surface area contributed by atoms with Crippen molar-refractivity contribution in [3.63, 3.8) is 0 Å². The van der Waals surface area contributed by atoms with Gasteiger partial charge in [0.05, 0.1) is 34.1 Å². The summed E-state index contributed by atoms with van der Waals surface area (Å²) in [4.78, 5) is 26.8. The van der Waals surface area contributed by atoms with Crippen LogP contribution in [0.2, 0.25) is 54.4 Å². The topological polar surface area (TPSA) is 156 Å². The largest absolute Gasteiger partial charge is 1.00 e. The third kappa shape index (κ3) is 24.5. The molecule has 2 rings (SSSR count). The smallest absolute Gasteiger partial charge is 0.748 e. The van der Waals surface area contributed by atoms with Gasteiger partial charge in [-0.3, -0.25) is 4.79 Å². The number of benzene rings is 1. The molecule has 402 valence electrons. The van der Waals surface area contributed by atoms with Crippen molar-refractivity contribution in [2.75, 3.05) is 19.0 Å². The molecule has 1 heterocycles. The predicted molar refractivity (Wildman–Crippen MR) is 294 cm³/mol. The Kier molecular flexibility index (Phi) is 30.1. The van der Waals surface area contributed by atoms with E-state index in [4.69, 9.17) is 32.2 Å². The first-order chi connectivity index (χ1) is 31.7. The molecule has 1 aliphatic rings. The average Bonchev–Trinajstić information content (AvgIpc) is 3.20. The van der Waals surface area contributed by atoms with Crippen molar-refractivity contribution >= 4 is 69.6 Å². The molecule has 0 amide bonds. The van der Waals surface area contributed by atoms with Gasteiger partial charge < -0.3 is 36.8 Å². The molecule has 12 nitrogen and oxygen atoms in total. The Hall–Kier alpha value is 0.251. The van der Waals surface area contributed by atoms with Gasteiger partial charge >= 0.3 is 41.5 Å². The SMILES string of the molecule is CCCCCCCCCCCCCCCCCC(=O)OCC(COC1OC(CS(=O)(=O)[O-])C(O[Si](C)(C)C(C)(C)C)C(O[Si](C)(C)C(C)(C)C)C1O[Si](C)(C)C(C)(C)C)OC(=O)c1ccc(I)cc1.[Na+]. The zero-order valence-electron chi connectivity index (χ0n) is 46.9. The van der Waals surface area contributed by atoms with Gasteiger partial charge in [0.15, 0.2) is 37.3 Å². The van der Waals surface area contributed by atoms with Crippen LogP contribution in [0.1, 0.15) is 182 Å². The third-order valence-corrected chi connectivity index (χ3v) is 29.8. The Balaban J connectivity index is 0.0000245. The first kappa shape index (κ1) is 68.3. The summed E-state index contributed by atoms with van der Waals surface area (Å²) < 4.78 is 85.8. The maximum atomic E-state index is 13.6. The van der Waals surface area contributed by atoms with Gasteiger partial charge in [-0.2, -0.15) is 0 Å². The summed E-state index contributed by atoms with van der Waals surface area (Å²) in [5.41, 5.74) is 0.312. The number of halogens is 1. The Morgan fingerprint density at radius 1 is 0.643 bits per heavy atom. The van der Waals surface area contributed by atoms with Gasteiger partial charge in [0.2, 0.25) is 0 Å². The van der Waals surface area contributed by atoms with E-state index in [0.717, 1.165) is 22.8 Å². The predicted octanol–water partition coefficient (Wildman–Crippen LogP) is 11.1. The minimum atomic E-state index is -4.86. The van der Waals surface area contributed by atoms with Crippen LogP contribution in [0.4, 0.5) is 0 Å². The fraction of sp³-hybridized carbons (Fsp3) is 0.846. The summed E-state index contributed by atoms with van der Waals surface area (Å²) in [6.07, 6.45) is 12.0. The summed E-state index contributed by atoms with van der Waals surface area (Å²) in [7, 11) is -12.9. The fourth-order valence-corrected chi connectivity index (χ4v) is 12.3. The Morgan fingerprint density at radius 3 is 1.46 bits per heavy atom. The zero-order valence-corrected chi connectivity index (χ0v) is 54.9. The van der Waals surface area contributed by atoms with Crippen LogP contribution in [0.15, 0.2) is 24.3 Å². The van der Waals surface area contributed by atoms with Crippen LogP contribution in [-0.2, 0) is 47.1 Å². The molecule has 70 heavy (non-hydrogen) atoms. The number of unbranched alkanes of at least 4 members (excludes halogenated alkanes) is 14. The van der Waals surface area contributed by atoms with Crippen LogP contribution in [0.5, 0.6) is 0 Å². The second kappa shape index (κ2) is 30.9. The van der Waals surface area contributed by atoms with Gasteiger partial charge in [0.1, 0.15) is 24.9 Å². The first-order valence-electron chi connectivity index (χ1n) is 26.1. The monoisotopic (exact) mass is 1180 g/mol. The van der Waals surface area contributed by atoms with E-state index in [1.165, 1.54) is 70.6 Å². The maximum Gasteiger partial charge on any atom is 1.00 e. The Bertz CT molecular complexity index is 1780. The molecule has 1 aliphatic heterocycles. The molecule has 0 bridgehead atoms. The average molecular weight is 1180 g/mol. The van der Waals surface area contributed by atoms with E-state index < -0.39 is 89.6 Å². The van der Waals surface area contributed by atoms with Crippen LogP contribution in [0.3, 0.4) is 0 Å². The molecule has 0 N–H and O–H groups in total. The van der Waals surface area contributed by atoms with Crippen LogP contribution in [0.25, 0.3) is 0 Å². The number of hydrogen-bond donors (Lipinski definition) is 0. The van der Waals surface area contributed by atoms with E-state index in [9.17, 15) is 22.6 Å². The molecule has 0 saturated carbocycles. The zero-order chi connectivity index (χ0) is 52.5. The summed E-state index contributed by atoms with van der Waals surface area (Å²) in [5, 5.41) is -0.858. The minimum Gasteiger partial charge on any atom is -0.748 e. The fourth-order valence-electron chi connectivity index (χ4n) is 7.32. The van der Waals surface area contributed by atoms with E-state index in [0.29, 0.717) is 12.0 Å². The number of carbonyl (C=O) groups is 2. The molecule has 0 aromatic heterocycles. The Morgan fingerprint density at radius 2 is 1.04 bits per heavy atom. The van der Waals surface area contributed by atoms with E-state index in [1.807, 2.05) is 0 Å². The normalized spacial score (nSPS) is 20.2. The standard InChI is InChI=1S/C52H97IO12SSi3.Na/c1-17-18-19-20-21-22-23-24-25-26-27-28-29-30-31-32-44(54)59-37-42(61-48(55)40-33-35-41(53)36-34-40)38-60-49-47(65-69(15,16)52(8,9)10)46(64-68(13,14)51(5,6)7)45(43(62-49)39-66(56,57)58)63-67(11,12)50(2,3)4;/h33-36,42-43,45-47,49H,17-32,37-39H2,1-16H3,(H,56,57,58);/q;+1/p-1. The molecule has 0 radical (unpaired) electrons. The van der Waals surface area contributed by atoms with Gasteiger partial charge in [-0.25, -0.2) is 13.2 Å². The van der Waals surface area contributed by atoms with Crippen molar-refractivity contribution in [3.05, 3.63) is 33.4 Å². The maximum absolute atomic E-state index is 13.6. The van der Waals surface area contributed by atoms with Crippen LogP contribution in [-0.4, -0.2) is 106 Å². The van der Waals surface area contributed by atoms with Crippen molar-refractivity contribution in [3.8, 4) is 0 Å². The first-order valence-corrected chi connectivity index (χ1v) is 37.5. The summed E-state index contributed by atoms with van der Waals surface area (Å²) in [6.45, 7) is 33.2. The molecular weight excluding hydrogens is 1080 g/mol. The third-order valence-electron chi connectivity index (χ3n) is 14.9. The molecule has 0 spiro atoms. The number of esters is 2. The molecular formula is C52H96INaO12SSi3. The van der Waals surface area contributed by atoms with Gasteiger partial charge in [0.25, 0.3) is 0 Å². The molecule has 0 aliphatic carbocycles. The van der Waals surface area contributed by atoms with E-state index in [1.54, 1.807) is 24.3 Å². The van der Waals surface area contributed by atoms with Gasteiger partial charge in [-0.05, 0) is 108 Å². The quantitative estimate of drug-likeness (QED) is 0.0228. The number of ether oxygens (including phenoxy) is 4. The van der Waals surface area contributed by atoms with Crippen molar-refractivity contribution < 1.29 is 84.3 Å². The van der Waals surface area contributed by atoms with Crippen molar-refractivity contribution in [2.45, 2.75) is 263 Å². The van der Waals surface area contributed by atoms with Crippen molar-refractivity contribution in [1.82, 2.24) is 0 Å². The Labute approximate surface area is 465 Å². The molecule has 1 aromatic carbocycles. The number of rotatable bonds is 31. The van der Waals surface area contributed by atoms with E-state index in [-0.39, 0.29) is 64.3 Å². The molecule has 6 unspecified atom stereocenters.